The molecule has 0 spiro atoms. The first-order valence-corrected chi connectivity index (χ1v) is 4.41. The minimum Gasteiger partial charge on any atom is -0.367 e. The predicted molar refractivity (Wildman–Crippen MR) is 46.6 cm³/mol. The molecule has 3 N–H and O–H groups in total. The Morgan fingerprint density at radius 3 is 2.70 bits per heavy atom. The van der Waals surface area contributed by atoms with Gasteiger partial charge < -0.3 is 5.32 Å². The third-order valence-electron chi connectivity index (χ3n) is 0.972. The molecule has 0 heterocycles. The molecular formula is C6H13N3S. The fourth-order valence-electron chi connectivity index (χ4n) is 0.399. The molecular weight excluding hydrogens is 146 g/mol. The fourth-order valence-corrected chi connectivity index (χ4v) is 1.20. The lowest BCUT2D eigenvalue weighted by atomic mass is 10.6. The van der Waals surface area contributed by atoms with Gasteiger partial charge in [-0.1, -0.05) is 12.2 Å². The summed E-state index contributed by atoms with van der Waals surface area (Å²) in [6.07, 6.45) is 3.81. The topological polar surface area (TPSA) is 59.7 Å². The van der Waals surface area contributed by atoms with Crippen LogP contribution in [0, 0.1) is 10.2 Å². The Morgan fingerprint density at radius 1 is 1.70 bits per heavy atom. The number of hydrogen-bond acceptors (Lipinski definition) is 2. The van der Waals surface area contributed by atoms with Crippen molar-refractivity contribution in [3.63, 3.8) is 0 Å². The summed E-state index contributed by atoms with van der Waals surface area (Å²) in [5.41, 5.74) is 0. The van der Waals surface area contributed by atoms with Gasteiger partial charge in [0.1, 0.15) is 0 Å². The second-order valence-corrected chi connectivity index (χ2v) is 3.23. The lowest BCUT2D eigenvalue weighted by molar-refractivity contribution is 1.18. The van der Waals surface area contributed by atoms with E-state index in [4.69, 9.17) is 10.2 Å². The van der Waals surface area contributed by atoms with E-state index in [9.17, 15) is 0 Å². The molecule has 0 radical (unpaired) electrons. The standard InChI is InChI=1S/C6H13N3S/c1-3-4-5-10(8)6(7)9-2/h3-4,8H,5H2,1-2H3,(H2,7,9). The van der Waals surface area contributed by atoms with Gasteiger partial charge in [0, 0.05) is 12.8 Å². The Hall–Kier alpha value is -0.640. The molecule has 0 aromatic carbocycles. The molecule has 3 nitrogen and oxygen atoms in total. The average Bonchev–Trinajstić information content (AvgIpc) is 1.98. The van der Waals surface area contributed by atoms with E-state index in [1.807, 2.05) is 19.1 Å². The molecule has 0 rings (SSSR count). The van der Waals surface area contributed by atoms with Gasteiger partial charge in [0.2, 0.25) is 0 Å². The molecule has 0 amide bonds. The zero-order chi connectivity index (χ0) is 7.98. The monoisotopic (exact) mass is 159 g/mol. The van der Waals surface area contributed by atoms with Gasteiger partial charge in [-0.05, 0) is 17.6 Å². The molecule has 4 heteroatoms. The molecule has 58 valence electrons. The van der Waals surface area contributed by atoms with Gasteiger partial charge in [-0.15, -0.1) is 0 Å². The summed E-state index contributed by atoms with van der Waals surface area (Å²) in [7, 11) is 0.994. The van der Waals surface area contributed by atoms with Gasteiger partial charge in [0.05, 0.1) is 0 Å². The first-order chi connectivity index (χ1) is 4.72. The van der Waals surface area contributed by atoms with Crippen LogP contribution in [0.2, 0.25) is 0 Å². The van der Waals surface area contributed by atoms with E-state index < -0.39 is 10.7 Å². The van der Waals surface area contributed by atoms with Crippen molar-refractivity contribution in [2.75, 3.05) is 12.8 Å². The molecule has 1 unspecified atom stereocenters. The van der Waals surface area contributed by atoms with Crippen LogP contribution >= 0.6 is 0 Å². The van der Waals surface area contributed by atoms with E-state index >= 15 is 0 Å². The van der Waals surface area contributed by atoms with E-state index in [1.165, 1.54) is 0 Å². The summed E-state index contributed by atoms with van der Waals surface area (Å²) >= 11 is 0. The Bertz CT molecular complexity index is 162. The van der Waals surface area contributed by atoms with E-state index in [1.54, 1.807) is 7.05 Å². The van der Waals surface area contributed by atoms with Crippen LogP contribution in [0.15, 0.2) is 12.2 Å². The fraction of sp³-hybridized carbons (Fsp3) is 0.500. The third-order valence-corrected chi connectivity index (χ3v) is 2.19. The van der Waals surface area contributed by atoms with Crippen molar-refractivity contribution in [1.82, 2.24) is 5.32 Å². The average molecular weight is 159 g/mol. The minimum atomic E-state index is -0.679. The van der Waals surface area contributed by atoms with Crippen LogP contribution < -0.4 is 5.32 Å². The maximum atomic E-state index is 7.37. The van der Waals surface area contributed by atoms with Gasteiger partial charge in [0.25, 0.3) is 0 Å². The second-order valence-electron chi connectivity index (χ2n) is 1.71. The third kappa shape index (κ3) is 3.40. The molecule has 0 aliphatic rings. The highest BCUT2D eigenvalue weighted by Crippen LogP contribution is 1.84. The highest BCUT2D eigenvalue weighted by Gasteiger charge is 1.95. The normalized spacial score (nSPS) is 13.4. The van der Waals surface area contributed by atoms with Gasteiger partial charge in [0.15, 0.2) is 5.17 Å². The molecule has 0 saturated carbocycles. The zero-order valence-electron chi connectivity index (χ0n) is 6.27. The lowest BCUT2D eigenvalue weighted by Crippen LogP contribution is -2.22. The Balaban J connectivity index is 3.74. The highest BCUT2D eigenvalue weighted by molar-refractivity contribution is 8.01. The number of amidine groups is 1. The van der Waals surface area contributed by atoms with Crippen LogP contribution in [-0.2, 0) is 10.7 Å². The molecule has 10 heavy (non-hydrogen) atoms. The van der Waals surface area contributed by atoms with Gasteiger partial charge in [-0.3, -0.25) is 10.2 Å². The van der Waals surface area contributed by atoms with Gasteiger partial charge in [-0.25, -0.2) is 0 Å². The summed E-state index contributed by atoms with van der Waals surface area (Å²) in [5.74, 6) is 0.649. The van der Waals surface area contributed by atoms with Gasteiger partial charge >= 0.3 is 0 Å². The smallest absolute Gasteiger partial charge is 0.164 e. The van der Waals surface area contributed by atoms with Crippen molar-refractivity contribution in [3.8, 4) is 0 Å². The molecule has 0 aliphatic carbocycles. The Morgan fingerprint density at radius 2 is 2.30 bits per heavy atom. The summed E-state index contributed by atoms with van der Waals surface area (Å²) in [6.45, 7) is 1.92. The van der Waals surface area contributed by atoms with Gasteiger partial charge in [-0.2, -0.15) is 0 Å². The van der Waals surface area contributed by atoms with Crippen LogP contribution in [0.5, 0.6) is 0 Å². The number of nitrogens with one attached hydrogen (secondary N) is 3. The van der Waals surface area contributed by atoms with Crippen molar-refractivity contribution in [2.24, 2.45) is 0 Å². The van der Waals surface area contributed by atoms with Crippen molar-refractivity contribution < 1.29 is 0 Å². The first-order valence-electron chi connectivity index (χ1n) is 3.02. The Kier molecular flexibility index (Phi) is 4.84. The summed E-state index contributed by atoms with van der Waals surface area (Å²) in [4.78, 5) is 0. The molecule has 0 bridgehead atoms. The van der Waals surface area contributed by atoms with Crippen LogP contribution in [0.25, 0.3) is 0 Å². The largest absolute Gasteiger partial charge is 0.367 e. The molecule has 0 fully saturated rings. The van der Waals surface area contributed by atoms with Crippen molar-refractivity contribution in [1.29, 1.82) is 10.2 Å². The lowest BCUT2D eigenvalue weighted by Gasteiger charge is -2.01. The van der Waals surface area contributed by atoms with E-state index in [-0.39, 0.29) is 0 Å². The number of rotatable bonds is 2. The Labute approximate surface area is 63.9 Å². The van der Waals surface area contributed by atoms with Crippen LogP contribution in [0.4, 0.5) is 0 Å². The zero-order valence-corrected chi connectivity index (χ0v) is 7.09. The van der Waals surface area contributed by atoms with E-state index in [0.717, 1.165) is 0 Å². The molecule has 1 atom stereocenters. The summed E-state index contributed by atoms with van der Waals surface area (Å²) in [5, 5.41) is 10.2. The molecule has 0 aromatic rings. The predicted octanol–water partition coefficient (Wildman–Crippen LogP) is 1.10. The maximum Gasteiger partial charge on any atom is 0.164 e. The number of allylic oxidation sites excluding steroid dienone is 1. The maximum absolute atomic E-state index is 7.37. The van der Waals surface area contributed by atoms with E-state index in [0.29, 0.717) is 10.9 Å². The van der Waals surface area contributed by atoms with Crippen LogP contribution in [-0.4, -0.2) is 18.0 Å². The van der Waals surface area contributed by atoms with Crippen molar-refractivity contribution in [3.05, 3.63) is 12.2 Å². The molecule has 0 aliphatic heterocycles. The molecule has 0 saturated heterocycles. The summed E-state index contributed by atoms with van der Waals surface area (Å²) < 4.78 is 7.37. The summed E-state index contributed by atoms with van der Waals surface area (Å²) in [6, 6.07) is 0. The van der Waals surface area contributed by atoms with Crippen LogP contribution in [0.1, 0.15) is 6.92 Å². The second kappa shape index (κ2) is 5.17. The van der Waals surface area contributed by atoms with Crippen molar-refractivity contribution >= 4 is 15.9 Å². The minimum absolute atomic E-state index is 0.304. The molecule has 0 aromatic heterocycles. The number of hydrogen-bond donors (Lipinski definition) is 3. The van der Waals surface area contributed by atoms with E-state index in [2.05, 4.69) is 5.32 Å². The van der Waals surface area contributed by atoms with Crippen LogP contribution in [0.3, 0.4) is 0 Å². The first kappa shape index (κ1) is 9.36. The SMILES string of the molecule is CC=CCS(=N)C(=N)NC. The van der Waals surface area contributed by atoms with Crippen molar-refractivity contribution in [2.45, 2.75) is 6.92 Å². The highest BCUT2D eigenvalue weighted by atomic mass is 32.2. The quantitative estimate of drug-likeness (QED) is 0.315.